The molecule has 196 valence electrons. The molecule has 9 heteroatoms. The number of carbonyl (C=O) groups is 1. The molecule has 1 amide bonds. The van der Waals surface area contributed by atoms with Crippen LogP contribution in [0.2, 0.25) is 0 Å². The summed E-state index contributed by atoms with van der Waals surface area (Å²) < 4.78 is 41.5. The van der Waals surface area contributed by atoms with E-state index in [1.54, 1.807) is 43.4 Å². The van der Waals surface area contributed by atoms with E-state index in [9.17, 15) is 14.0 Å². The Balaban J connectivity index is 1.62. The maximum atomic E-state index is 14.0. The fraction of sp³-hybridized carbons (Fsp3) is 0.241. The van der Waals surface area contributed by atoms with Crippen molar-refractivity contribution in [2.24, 2.45) is 0 Å². The number of hydrogen-bond acceptors (Lipinski definition) is 7. The molecule has 0 N–H and O–H groups in total. The molecule has 0 saturated carbocycles. The van der Waals surface area contributed by atoms with Crippen molar-refractivity contribution in [3.05, 3.63) is 93.1 Å². The quantitative estimate of drug-likeness (QED) is 0.332. The SMILES string of the molecule is COc1ccc(CCN2C(=O)c3oc4ccc(F)cc4c(=O)c3[C@@H]2c2ccc(OC)c(OC)c2)cc1OC. The van der Waals surface area contributed by atoms with E-state index in [1.807, 2.05) is 12.1 Å². The van der Waals surface area contributed by atoms with Gasteiger partial charge in [-0.25, -0.2) is 4.39 Å². The predicted octanol–water partition coefficient (Wildman–Crippen LogP) is 4.75. The van der Waals surface area contributed by atoms with Crippen LogP contribution in [0.15, 0.2) is 63.8 Å². The third-order valence-electron chi connectivity index (χ3n) is 6.74. The number of amides is 1. The topological polar surface area (TPSA) is 87.4 Å². The molecular weight excluding hydrogens is 493 g/mol. The van der Waals surface area contributed by atoms with Crippen LogP contribution in [0, 0.1) is 5.82 Å². The molecule has 3 aromatic carbocycles. The molecule has 1 aliphatic heterocycles. The number of carbonyl (C=O) groups excluding carboxylic acids is 1. The molecule has 38 heavy (non-hydrogen) atoms. The van der Waals surface area contributed by atoms with Gasteiger partial charge in [-0.3, -0.25) is 9.59 Å². The summed E-state index contributed by atoms with van der Waals surface area (Å²) in [5, 5.41) is 0.0729. The molecule has 0 unspecified atom stereocenters. The number of fused-ring (bicyclic) bond motifs is 2. The molecule has 1 atom stereocenters. The summed E-state index contributed by atoms with van der Waals surface area (Å²) in [6, 6.07) is 13.6. The van der Waals surface area contributed by atoms with Gasteiger partial charge in [0.05, 0.1) is 45.4 Å². The minimum atomic E-state index is -0.777. The van der Waals surface area contributed by atoms with E-state index < -0.39 is 23.2 Å². The first-order valence-corrected chi connectivity index (χ1v) is 11.9. The van der Waals surface area contributed by atoms with Crippen LogP contribution in [0.5, 0.6) is 23.0 Å². The molecule has 0 spiro atoms. The molecule has 0 bridgehead atoms. The number of benzene rings is 3. The fourth-order valence-corrected chi connectivity index (χ4v) is 4.88. The zero-order valence-electron chi connectivity index (χ0n) is 21.4. The summed E-state index contributed by atoms with van der Waals surface area (Å²) in [6.45, 7) is 0.266. The second kappa shape index (κ2) is 10.1. The number of hydrogen-bond donors (Lipinski definition) is 0. The molecule has 1 aromatic heterocycles. The van der Waals surface area contributed by atoms with E-state index >= 15 is 0 Å². The number of halogens is 1. The molecule has 1 aliphatic rings. The van der Waals surface area contributed by atoms with Gasteiger partial charge in [-0.1, -0.05) is 12.1 Å². The molecule has 5 rings (SSSR count). The largest absolute Gasteiger partial charge is 0.493 e. The highest BCUT2D eigenvalue weighted by molar-refractivity contribution is 5.99. The minimum Gasteiger partial charge on any atom is -0.493 e. The van der Waals surface area contributed by atoms with Gasteiger partial charge in [0, 0.05) is 6.54 Å². The molecule has 0 radical (unpaired) electrons. The summed E-state index contributed by atoms with van der Waals surface area (Å²) in [6.07, 6.45) is 0.464. The summed E-state index contributed by atoms with van der Waals surface area (Å²) in [5.41, 5.74) is 1.39. The van der Waals surface area contributed by atoms with Crippen molar-refractivity contribution in [1.29, 1.82) is 0 Å². The molecular formula is C29H26FNO7. The summed E-state index contributed by atoms with van der Waals surface area (Å²) >= 11 is 0. The zero-order valence-corrected chi connectivity index (χ0v) is 21.4. The van der Waals surface area contributed by atoms with Gasteiger partial charge in [0.1, 0.15) is 11.4 Å². The monoisotopic (exact) mass is 519 g/mol. The van der Waals surface area contributed by atoms with Crippen molar-refractivity contribution in [2.75, 3.05) is 35.0 Å². The third-order valence-corrected chi connectivity index (χ3v) is 6.74. The van der Waals surface area contributed by atoms with Crippen LogP contribution in [0.25, 0.3) is 11.0 Å². The number of ether oxygens (including phenoxy) is 4. The Bertz CT molecular complexity index is 1600. The predicted molar refractivity (Wildman–Crippen MR) is 138 cm³/mol. The van der Waals surface area contributed by atoms with Crippen molar-refractivity contribution >= 4 is 16.9 Å². The second-order valence-electron chi connectivity index (χ2n) is 8.77. The maximum absolute atomic E-state index is 14.0. The summed E-state index contributed by atoms with van der Waals surface area (Å²) in [7, 11) is 6.15. The standard InChI is InChI=1S/C29H26FNO7/c1-34-21-8-5-16(13-23(21)36-3)11-12-31-26(17-6-9-22(35-2)24(14-17)37-4)25-27(32)19-15-18(30)7-10-20(19)38-28(25)29(31)33/h5-10,13-15,26H,11-12H2,1-4H3/t26-/m0/s1. The Morgan fingerprint density at radius 2 is 1.47 bits per heavy atom. The van der Waals surface area contributed by atoms with Crippen LogP contribution in [-0.4, -0.2) is 45.8 Å². The summed E-state index contributed by atoms with van der Waals surface area (Å²) in [4.78, 5) is 28.9. The molecule has 4 aromatic rings. The Labute approximate surface area is 218 Å². The molecule has 0 saturated heterocycles. The third kappa shape index (κ3) is 4.19. The van der Waals surface area contributed by atoms with E-state index in [0.717, 1.165) is 11.6 Å². The van der Waals surface area contributed by atoms with Gasteiger partial charge in [-0.05, 0) is 60.0 Å². The highest BCUT2D eigenvalue weighted by Gasteiger charge is 2.42. The first-order valence-electron chi connectivity index (χ1n) is 11.9. The molecule has 2 heterocycles. The normalized spacial score (nSPS) is 14.5. The average molecular weight is 520 g/mol. The van der Waals surface area contributed by atoms with Crippen molar-refractivity contribution in [3.63, 3.8) is 0 Å². The Kier molecular flexibility index (Phi) is 6.67. The Hall–Kier alpha value is -4.53. The van der Waals surface area contributed by atoms with Crippen molar-refractivity contribution in [3.8, 4) is 23.0 Å². The van der Waals surface area contributed by atoms with E-state index in [0.29, 0.717) is 35.0 Å². The average Bonchev–Trinajstić information content (AvgIpc) is 3.22. The van der Waals surface area contributed by atoms with Gasteiger partial charge in [-0.2, -0.15) is 0 Å². The number of rotatable bonds is 8. The lowest BCUT2D eigenvalue weighted by Crippen LogP contribution is -2.31. The molecule has 0 aliphatic carbocycles. The highest BCUT2D eigenvalue weighted by Crippen LogP contribution is 2.41. The van der Waals surface area contributed by atoms with Gasteiger partial charge >= 0.3 is 0 Å². The van der Waals surface area contributed by atoms with E-state index in [2.05, 4.69) is 0 Å². The fourth-order valence-electron chi connectivity index (χ4n) is 4.88. The van der Waals surface area contributed by atoms with E-state index in [-0.39, 0.29) is 28.8 Å². The van der Waals surface area contributed by atoms with Gasteiger partial charge in [-0.15, -0.1) is 0 Å². The second-order valence-corrected chi connectivity index (χ2v) is 8.77. The lowest BCUT2D eigenvalue weighted by Gasteiger charge is -2.26. The van der Waals surface area contributed by atoms with Gasteiger partial charge in [0.25, 0.3) is 5.91 Å². The summed E-state index contributed by atoms with van der Waals surface area (Å²) in [5.74, 6) is 1.07. The number of methoxy groups -OCH3 is 4. The van der Waals surface area contributed by atoms with E-state index in [1.165, 1.54) is 26.4 Å². The van der Waals surface area contributed by atoms with Crippen LogP contribution in [0.1, 0.15) is 33.3 Å². The van der Waals surface area contributed by atoms with Crippen molar-refractivity contribution in [2.45, 2.75) is 12.5 Å². The highest BCUT2D eigenvalue weighted by atomic mass is 19.1. The maximum Gasteiger partial charge on any atom is 0.290 e. The first-order chi connectivity index (χ1) is 18.4. The van der Waals surface area contributed by atoms with Crippen LogP contribution in [-0.2, 0) is 6.42 Å². The van der Waals surface area contributed by atoms with Crippen molar-refractivity contribution < 1.29 is 32.5 Å². The van der Waals surface area contributed by atoms with Crippen LogP contribution < -0.4 is 24.4 Å². The number of nitrogens with zero attached hydrogens (tertiary/aromatic N) is 1. The van der Waals surface area contributed by atoms with Gasteiger partial charge in [0.15, 0.2) is 28.4 Å². The van der Waals surface area contributed by atoms with Crippen molar-refractivity contribution in [1.82, 2.24) is 4.90 Å². The Morgan fingerprint density at radius 3 is 2.16 bits per heavy atom. The van der Waals surface area contributed by atoms with Gasteiger partial charge in [0.2, 0.25) is 5.76 Å². The zero-order chi connectivity index (χ0) is 27.0. The lowest BCUT2D eigenvalue weighted by atomic mass is 9.97. The lowest BCUT2D eigenvalue weighted by molar-refractivity contribution is 0.0730. The van der Waals surface area contributed by atoms with Crippen LogP contribution in [0.3, 0.4) is 0 Å². The minimum absolute atomic E-state index is 0.0544. The smallest absolute Gasteiger partial charge is 0.290 e. The van der Waals surface area contributed by atoms with Crippen LogP contribution >= 0.6 is 0 Å². The Morgan fingerprint density at radius 1 is 0.816 bits per heavy atom. The van der Waals surface area contributed by atoms with E-state index in [4.69, 9.17) is 23.4 Å². The van der Waals surface area contributed by atoms with Crippen LogP contribution in [0.4, 0.5) is 4.39 Å². The first kappa shape index (κ1) is 25.1. The molecule has 8 nitrogen and oxygen atoms in total. The van der Waals surface area contributed by atoms with Gasteiger partial charge < -0.3 is 28.3 Å². The molecule has 0 fully saturated rings.